The maximum Gasteiger partial charge on any atom is 0.212 e. The number of hydrogen-bond donors (Lipinski definition) is 1. The zero-order valence-electron chi connectivity index (χ0n) is 22.6. The van der Waals surface area contributed by atoms with Crippen LogP contribution < -0.4 is 0 Å². The van der Waals surface area contributed by atoms with Gasteiger partial charge in [0, 0.05) is 58.6 Å². The Balaban J connectivity index is 1.18. The van der Waals surface area contributed by atoms with Crippen LogP contribution in [0.2, 0.25) is 0 Å². The fraction of sp³-hybridized carbons (Fsp3) is 0.353. The van der Waals surface area contributed by atoms with Crippen molar-refractivity contribution in [2.75, 3.05) is 13.1 Å². The lowest BCUT2D eigenvalue weighted by Crippen LogP contribution is -2.28. The van der Waals surface area contributed by atoms with Crippen LogP contribution >= 0.6 is 0 Å². The molecule has 3 aromatic rings. The zero-order valence-corrected chi connectivity index (χ0v) is 22.6. The van der Waals surface area contributed by atoms with Crippen LogP contribution in [-0.4, -0.2) is 38.6 Å². The average molecular weight is 488 g/mol. The summed E-state index contributed by atoms with van der Waals surface area (Å²) in [4.78, 5) is 3.64. The number of H-pyrrole nitrogens is 1. The van der Waals surface area contributed by atoms with Gasteiger partial charge in [-0.1, -0.05) is 36.4 Å². The molecule has 1 aromatic heterocycles. The molecular weight excluding hydrogens is 450 g/mol. The fourth-order valence-corrected chi connectivity index (χ4v) is 7.30. The van der Waals surface area contributed by atoms with Gasteiger partial charge in [-0.2, -0.15) is 9.15 Å². The molecule has 0 amide bonds. The van der Waals surface area contributed by atoms with E-state index in [1.165, 1.54) is 70.7 Å². The van der Waals surface area contributed by atoms with Crippen molar-refractivity contribution in [3.05, 3.63) is 94.3 Å². The molecule has 3 heteroatoms. The van der Waals surface area contributed by atoms with Crippen molar-refractivity contribution in [1.82, 2.24) is 4.98 Å². The van der Waals surface area contributed by atoms with E-state index in [4.69, 9.17) is 0 Å². The number of nitrogens with zero attached hydrogens (tertiary/aromatic N) is 2. The highest BCUT2D eigenvalue weighted by Gasteiger charge is 2.47. The van der Waals surface area contributed by atoms with Crippen molar-refractivity contribution in [3.63, 3.8) is 0 Å². The first-order chi connectivity index (χ1) is 17.9. The second kappa shape index (κ2) is 8.02. The van der Waals surface area contributed by atoms with Crippen LogP contribution in [-0.2, 0) is 23.7 Å². The Kier molecular flexibility index (Phi) is 4.92. The van der Waals surface area contributed by atoms with E-state index in [1.807, 2.05) is 0 Å². The lowest BCUT2D eigenvalue weighted by Gasteiger charge is -2.15. The van der Waals surface area contributed by atoms with Crippen LogP contribution in [0.1, 0.15) is 74.2 Å². The lowest BCUT2D eigenvalue weighted by molar-refractivity contribution is -0.443. The molecule has 0 saturated heterocycles. The van der Waals surface area contributed by atoms with Gasteiger partial charge < -0.3 is 4.98 Å². The monoisotopic (exact) mass is 487 g/mol. The van der Waals surface area contributed by atoms with E-state index in [9.17, 15) is 0 Å². The summed E-state index contributed by atoms with van der Waals surface area (Å²) in [6, 6.07) is 18.1. The molecule has 5 heterocycles. The predicted octanol–water partition coefficient (Wildman–Crippen LogP) is 7.09. The Labute approximate surface area is 220 Å². The summed E-state index contributed by atoms with van der Waals surface area (Å²) < 4.78 is 5.13. The van der Waals surface area contributed by atoms with Crippen LogP contribution in [0.15, 0.2) is 60.7 Å². The molecule has 0 aliphatic carbocycles. The quantitative estimate of drug-likeness (QED) is 0.380. The van der Waals surface area contributed by atoms with Crippen molar-refractivity contribution in [1.29, 1.82) is 0 Å². The smallest absolute Gasteiger partial charge is 0.212 e. The van der Waals surface area contributed by atoms with Crippen molar-refractivity contribution >= 4 is 35.0 Å². The molecule has 2 aromatic carbocycles. The number of para-hydroxylation sites is 2. The highest BCUT2D eigenvalue weighted by molar-refractivity contribution is 6.06. The molecule has 0 fully saturated rings. The van der Waals surface area contributed by atoms with Crippen molar-refractivity contribution < 1.29 is 9.15 Å². The number of rotatable bonds is 4. The van der Waals surface area contributed by atoms with E-state index >= 15 is 0 Å². The molecule has 0 bridgehead atoms. The first-order valence-corrected chi connectivity index (χ1v) is 14.0. The van der Waals surface area contributed by atoms with Gasteiger partial charge in [-0.05, 0) is 64.8 Å². The molecule has 4 aliphatic heterocycles. The summed E-state index contributed by atoms with van der Waals surface area (Å²) in [6.45, 7) is 11.7. The van der Waals surface area contributed by atoms with Gasteiger partial charge in [0.2, 0.25) is 11.4 Å². The normalized spacial score (nSPS) is 20.9. The van der Waals surface area contributed by atoms with Gasteiger partial charge in [0.15, 0.2) is 11.4 Å². The lowest BCUT2D eigenvalue weighted by atomic mass is 9.80. The minimum absolute atomic E-state index is 0.0223. The number of benzene rings is 2. The van der Waals surface area contributed by atoms with Gasteiger partial charge >= 0.3 is 0 Å². The van der Waals surface area contributed by atoms with Crippen molar-refractivity contribution in [2.24, 2.45) is 0 Å². The van der Waals surface area contributed by atoms with Gasteiger partial charge in [-0.3, -0.25) is 0 Å². The second-order valence-electron chi connectivity index (χ2n) is 12.2. The summed E-state index contributed by atoms with van der Waals surface area (Å²) in [5.41, 5.74) is 14.0. The Morgan fingerprint density at radius 1 is 0.622 bits per heavy atom. The number of nitrogens with one attached hydrogen (secondary N) is 1. The zero-order chi connectivity index (χ0) is 25.4. The summed E-state index contributed by atoms with van der Waals surface area (Å²) in [6.07, 6.45) is 14.0. The molecule has 0 saturated carbocycles. The molecule has 7 rings (SSSR count). The highest BCUT2D eigenvalue weighted by atomic mass is 15.1. The van der Waals surface area contributed by atoms with Gasteiger partial charge in [-0.25, -0.2) is 0 Å². The molecular formula is C34H37N3+2. The van der Waals surface area contributed by atoms with Crippen molar-refractivity contribution in [3.8, 4) is 0 Å². The number of aromatic nitrogens is 1. The van der Waals surface area contributed by atoms with E-state index < -0.39 is 0 Å². The summed E-state index contributed by atoms with van der Waals surface area (Å²) >= 11 is 0. The third kappa shape index (κ3) is 3.32. The number of hydrogen-bond acceptors (Lipinski definition) is 0. The minimum atomic E-state index is 0.0223. The van der Waals surface area contributed by atoms with E-state index in [0.717, 1.165) is 24.5 Å². The predicted molar refractivity (Wildman–Crippen MR) is 154 cm³/mol. The Hall–Kier alpha value is -3.46. The van der Waals surface area contributed by atoms with E-state index in [2.05, 4.69) is 115 Å². The molecule has 0 radical (unpaired) electrons. The molecule has 186 valence electrons. The molecule has 0 spiro atoms. The van der Waals surface area contributed by atoms with Gasteiger partial charge in [0.05, 0.1) is 10.8 Å². The molecule has 3 nitrogen and oxygen atoms in total. The molecule has 37 heavy (non-hydrogen) atoms. The van der Waals surface area contributed by atoms with E-state index in [-0.39, 0.29) is 10.8 Å². The number of allylic oxidation sites excluding steroid dienone is 2. The van der Waals surface area contributed by atoms with E-state index in [1.54, 1.807) is 0 Å². The molecule has 4 aliphatic rings. The van der Waals surface area contributed by atoms with Crippen LogP contribution in [0.3, 0.4) is 0 Å². The van der Waals surface area contributed by atoms with Gasteiger partial charge in [-0.15, -0.1) is 0 Å². The Bertz CT molecular complexity index is 1450. The molecule has 0 atom stereocenters. The summed E-state index contributed by atoms with van der Waals surface area (Å²) in [5.74, 6) is 0. The molecule has 1 N–H and O–H groups in total. The summed E-state index contributed by atoms with van der Waals surface area (Å²) in [5, 5.41) is 0. The number of aryl methyl sites for hydroxylation is 2. The van der Waals surface area contributed by atoms with Crippen LogP contribution in [0, 0.1) is 0 Å². The van der Waals surface area contributed by atoms with Gasteiger partial charge in [0.1, 0.15) is 13.1 Å². The topological polar surface area (TPSA) is 21.8 Å². The van der Waals surface area contributed by atoms with Gasteiger partial charge in [0.25, 0.3) is 0 Å². The SMILES string of the molecule is CC1(C)C(C=Cc2ccc(C=CC3=[N+]4CCCc5cccc(c54)C3(C)C)[nH]2)=[N+]2CCCc3cccc1c32. The van der Waals surface area contributed by atoms with Crippen LogP contribution in [0.4, 0.5) is 11.4 Å². The van der Waals surface area contributed by atoms with Crippen LogP contribution in [0.5, 0.6) is 0 Å². The maximum absolute atomic E-state index is 3.64. The van der Waals surface area contributed by atoms with Crippen molar-refractivity contribution in [2.45, 2.75) is 64.2 Å². The van der Waals surface area contributed by atoms with E-state index in [0.29, 0.717) is 0 Å². The maximum atomic E-state index is 3.64. The first-order valence-electron chi connectivity index (χ1n) is 14.0. The highest BCUT2D eigenvalue weighted by Crippen LogP contribution is 2.45. The number of aromatic amines is 1. The average Bonchev–Trinajstić information content (AvgIpc) is 3.50. The Morgan fingerprint density at radius 3 is 1.54 bits per heavy atom. The standard InChI is InChI=1S/C34H36N3/c1-33(2)27-13-5-9-23-11-7-21-36(31(23)27)29(33)19-17-25-15-16-26(35-25)18-20-30-34(3,4)28-14-6-10-24-12-8-22-37(30)32(24)28/h5-6,9-10,13-20H,7-8,11-12,21-22H2,1-4H3/q+1/p+1. The van der Waals surface area contributed by atoms with Crippen LogP contribution in [0.25, 0.3) is 12.2 Å². The second-order valence-corrected chi connectivity index (χ2v) is 12.2. The third-order valence-electron chi connectivity index (χ3n) is 9.22. The molecule has 0 unspecified atom stereocenters. The summed E-state index contributed by atoms with van der Waals surface area (Å²) in [7, 11) is 0. The Morgan fingerprint density at radius 2 is 1.08 bits per heavy atom. The largest absolute Gasteiger partial charge is 0.356 e. The minimum Gasteiger partial charge on any atom is -0.356 e. The fourth-order valence-electron chi connectivity index (χ4n) is 7.30. The third-order valence-corrected chi connectivity index (χ3v) is 9.22. The first kappa shape index (κ1) is 22.7.